The summed E-state index contributed by atoms with van der Waals surface area (Å²) >= 11 is 2.15. The van der Waals surface area contributed by atoms with Gasteiger partial charge in [0, 0.05) is 3.57 Å². The summed E-state index contributed by atoms with van der Waals surface area (Å²) < 4.78 is 11.7. The van der Waals surface area contributed by atoms with Crippen molar-refractivity contribution in [3.05, 3.63) is 81.9 Å². The number of aliphatic imine (C=N–C) groups is 1. The molecule has 0 aliphatic rings. The lowest BCUT2D eigenvalue weighted by molar-refractivity contribution is 0.100. The molecular formula is C22H19IN2O3. The molecule has 6 heteroatoms. The van der Waals surface area contributed by atoms with Crippen LogP contribution in [-0.4, -0.2) is 26.5 Å². The third-order valence-corrected chi connectivity index (χ3v) is 5.01. The molecule has 0 aromatic heterocycles. The Morgan fingerprint density at radius 2 is 1.50 bits per heavy atom. The number of para-hydroxylation sites is 4. The summed E-state index contributed by atoms with van der Waals surface area (Å²) in [6.45, 7) is 0. The minimum absolute atomic E-state index is 0.201. The number of halogens is 1. The number of hydrogen-bond acceptors (Lipinski definition) is 4. The summed E-state index contributed by atoms with van der Waals surface area (Å²) in [5.41, 5.74) is 1.81. The molecule has 0 bridgehead atoms. The molecule has 0 fully saturated rings. The van der Waals surface area contributed by atoms with Gasteiger partial charge in [-0.3, -0.25) is 9.69 Å². The molecule has 0 saturated heterocycles. The van der Waals surface area contributed by atoms with Gasteiger partial charge in [-0.1, -0.05) is 36.4 Å². The largest absolute Gasteiger partial charge is 0.495 e. The van der Waals surface area contributed by atoms with Crippen molar-refractivity contribution in [3.63, 3.8) is 0 Å². The second-order valence-electron chi connectivity index (χ2n) is 5.74. The average Bonchev–Trinajstić information content (AvgIpc) is 2.74. The lowest BCUT2D eigenvalue weighted by Gasteiger charge is -2.21. The van der Waals surface area contributed by atoms with Crippen molar-refractivity contribution >= 4 is 46.2 Å². The van der Waals surface area contributed by atoms with Gasteiger partial charge in [-0.2, -0.15) is 0 Å². The monoisotopic (exact) mass is 486 g/mol. The minimum atomic E-state index is -0.201. The van der Waals surface area contributed by atoms with Gasteiger partial charge < -0.3 is 9.47 Å². The van der Waals surface area contributed by atoms with E-state index in [2.05, 4.69) is 27.6 Å². The Bertz CT molecular complexity index is 1000. The van der Waals surface area contributed by atoms with E-state index in [-0.39, 0.29) is 5.91 Å². The summed E-state index contributed by atoms with van der Waals surface area (Å²) in [6, 6.07) is 22.1. The fourth-order valence-electron chi connectivity index (χ4n) is 2.67. The lowest BCUT2D eigenvalue weighted by Crippen LogP contribution is -2.30. The maximum atomic E-state index is 13.4. The van der Waals surface area contributed by atoms with Crippen LogP contribution in [0.3, 0.4) is 0 Å². The van der Waals surface area contributed by atoms with Crippen LogP contribution in [0.4, 0.5) is 11.4 Å². The summed E-state index contributed by atoms with van der Waals surface area (Å²) in [4.78, 5) is 19.3. The van der Waals surface area contributed by atoms with Crippen LogP contribution in [0.15, 0.2) is 77.8 Å². The Balaban J connectivity index is 2.08. The van der Waals surface area contributed by atoms with E-state index < -0.39 is 0 Å². The molecular weight excluding hydrogens is 467 g/mol. The fraction of sp³-hybridized carbons (Fsp3) is 0.0909. The Morgan fingerprint density at radius 1 is 0.893 bits per heavy atom. The first-order chi connectivity index (χ1) is 13.7. The molecule has 0 unspecified atom stereocenters. The van der Waals surface area contributed by atoms with Crippen LogP contribution in [0.5, 0.6) is 11.5 Å². The number of anilines is 1. The average molecular weight is 486 g/mol. The first-order valence-electron chi connectivity index (χ1n) is 8.54. The number of nitrogens with zero attached hydrogens (tertiary/aromatic N) is 2. The third-order valence-electron chi connectivity index (χ3n) is 4.07. The molecule has 0 atom stereocenters. The molecule has 0 saturated carbocycles. The fourth-order valence-corrected chi connectivity index (χ4v) is 3.29. The summed E-state index contributed by atoms with van der Waals surface area (Å²) in [5.74, 6) is 1.00. The van der Waals surface area contributed by atoms with Gasteiger partial charge >= 0.3 is 0 Å². The smallest absolute Gasteiger partial charge is 0.264 e. The SMILES string of the molecule is COc1ccccc1N=CN(C(=O)c1ccccc1I)c1ccccc1OC. The van der Waals surface area contributed by atoms with Gasteiger partial charge in [0.1, 0.15) is 23.5 Å². The van der Waals surface area contributed by atoms with E-state index in [1.165, 1.54) is 11.2 Å². The summed E-state index contributed by atoms with van der Waals surface area (Å²) in [7, 11) is 3.16. The maximum Gasteiger partial charge on any atom is 0.264 e. The van der Waals surface area contributed by atoms with E-state index in [4.69, 9.17) is 9.47 Å². The van der Waals surface area contributed by atoms with Crippen molar-refractivity contribution < 1.29 is 14.3 Å². The number of hydrogen-bond donors (Lipinski definition) is 0. The standard InChI is InChI=1S/C22H19IN2O3/c1-27-20-13-7-5-11-18(20)24-15-25(19-12-6-8-14-21(19)28-2)22(26)16-9-3-4-10-17(16)23/h3-15H,1-2H3. The van der Waals surface area contributed by atoms with Crippen molar-refractivity contribution in [2.24, 2.45) is 4.99 Å². The molecule has 0 radical (unpaired) electrons. The van der Waals surface area contributed by atoms with Crippen LogP contribution in [0.2, 0.25) is 0 Å². The number of carbonyl (C=O) groups excluding carboxylic acids is 1. The Morgan fingerprint density at radius 3 is 2.21 bits per heavy atom. The number of amides is 1. The zero-order chi connectivity index (χ0) is 19.9. The van der Waals surface area contributed by atoms with E-state index in [0.29, 0.717) is 28.4 Å². The zero-order valence-corrected chi connectivity index (χ0v) is 17.7. The van der Waals surface area contributed by atoms with Gasteiger partial charge in [0.15, 0.2) is 0 Å². The minimum Gasteiger partial charge on any atom is -0.495 e. The summed E-state index contributed by atoms with van der Waals surface area (Å²) in [5, 5.41) is 0. The highest BCUT2D eigenvalue weighted by Gasteiger charge is 2.21. The highest BCUT2D eigenvalue weighted by atomic mass is 127. The molecule has 28 heavy (non-hydrogen) atoms. The highest BCUT2D eigenvalue weighted by Crippen LogP contribution is 2.30. The number of methoxy groups -OCH3 is 2. The Hall–Kier alpha value is -2.87. The number of benzene rings is 3. The quantitative estimate of drug-likeness (QED) is 0.270. The van der Waals surface area contributed by atoms with Crippen molar-refractivity contribution in [3.8, 4) is 11.5 Å². The third kappa shape index (κ3) is 4.33. The predicted octanol–water partition coefficient (Wildman–Crippen LogP) is 5.32. The van der Waals surface area contributed by atoms with Crippen molar-refractivity contribution in [1.82, 2.24) is 0 Å². The molecule has 3 aromatic carbocycles. The molecule has 0 heterocycles. The van der Waals surface area contributed by atoms with Crippen LogP contribution in [-0.2, 0) is 0 Å². The Kier molecular flexibility index (Phi) is 6.65. The summed E-state index contributed by atoms with van der Waals surface area (Å²) in [6.07, 6.45) is 1.50. The lowest BCUT2D eigenvalue weighted by atomic mass is 10.2. The Labute approximate surface area is 177 Å². The van der Waals surface area contributed by atoms with Crippen LogP contribution in [0, 0.1) is 3.57 Å². The molecule has 0 aliphatic heterocycles. The van der Waals surface area contributed by atoms with E-state index in [9.17, 15) is 4.79 Å². The molecule has 5 nitrogen and oxygen atoms in total. The van der Waals surface area contributed by atoms with Crippen LogP contribution >= 0.6 is 22.6 Å². The normalized spacial score (nSPS) is 10.7. The first-order valence-corrected chi connectivity index (χ1v) is 9.62. The molecule has 3 rings (SSSR count). The molecule has 142 valence electrons. The first kappa shape index (κ1) is 19.9. The number of rotatable bonds is 6. The topological polar surface area (TPSA) is 51.1 Å². The molecule has 0 N–H and O–H groups in total. The highest BCUT2D eigenvalue weighted by molar-refractivity contribution is 14.1. The maximum absolute atomic E-state index is 13.4. The predicted molar refractivity (Wildman–Crippen MR) is 120 cm³/mol. The van der Waals surface area contributed by atoms with Gasteiger partial charge in [-0.25, -0.2) is 4.99 Å². The second kappa shape index (κ2) is 9.36. The van der Waals surface area contributed by atoms with Gasteiger partial charge in [0.25, 0.3) is 5.91 Å². The second-order valence-corrected chi connectivity index (χ2v) is 6.91. The molecule has 3 aromatic rings. The van der Waals surface area contributed by atoms with Gasteiger partial charge in [0.2, 0.25) is 0 Å². The van der Waals surface area contributed by atoms with Gasteiger partial charge in [0.05, 0.1) is 25.5 Å². The van der Waals surface area contributed by atoms with Crippen molar-refractivity contribution in [1.29, 1.82) is 0 Å². The number of carbonyl (C=O) groups is 1. The molecule has 1 amide bonds. The molecule has 0 spiro atoms. The number of ether oxygens (including phenoxy) is 2. The van der Waals surface area contributed by atoms with E-state index in [1.54, 1.807) is 20.3 Å². The van der Waals surface area contributed by atoms with Crippen LogP contribution < -0.4 is 14.4 Å². The van der Waals surface area contributed by atoms with Gasteiger partial charge in [-0.15, -0.1) is 0 Å². The zero-order valence-electron chi connectivity index (χ0n) is 15.5. The van der Waals surface area contributed by atoms with Crippen LogP contribution in [0.1, 0.15) is 10.4 Å². The van der Waals surface area contributed by atoms with Crippen molar-refractivity contribution in [2.75, 3.05) is 19.1 Å². The van der Waals surface area contributed by atoms with E-state index in [0.717, 1.165) is 3.57 Å². The van der Waals surface area contributed by atoms with E-state index >= 15 is 0 Å². The molecule has 0 aliphatic carbocycles. The van der Waals surface area contributed by atoms with Crippen LogP contribution in [0.25, 0.3) is 0 Å². The van der Waals surface area contributed by atoms with Crippen molar-refractivity contribution in [2.45, 2.75) is 0 Å². The van der Waals surface area contributed by atoms with Gasteiger partial charge in [-0.05, 0) is 59.0 Å². The van der Waals surface area contributed by atoms with E-state index in [1.807, 2.05) is 66.7 Å².